The minimum absolute atomic E-state index is 0.224. The Morgan fingerprint density at radius 3 is 3.06 bits per heavy atom. The predicted octanol–water partition coefficient (Wildman–Crippen LogP) is -0.318. The van der Waals surface area contributed by atoms with Gasteiger partial charge in [0.25, 0.3) is 0 Å². The second kappa shape index (κ2) is 4.31. The van der Waals surface area contributed by atoms with Crippen LogP contribution in [0.15, 0.2) is 11.0 Å². The molecule has 2 aromatic rings. The lowest BCUT2D eigenvalue weighted by Crippen LogP contribution is -2.12. The molecule has 0 atom stereocenters. The molecule has 0 unspecified atom stereocenters. The second-order valence-corrected chi connectivity index (χ2v) is 3.22. The van der Waals surface area contributed by atoms with Gasteiger partial charge in [-0.15, -0.1) is 0 Å². The normalized spacial score (nSPS) is 10.9. The third-order valence-electron chi connectivity index (χ3n) is 2.13. The van der Waals surface area contributed by atoms with Gasteiger partial charge in [-0.3, -0.25) is 4.57 Å². The number of nitrogens with zero attached hydrogens (tertiary/aromatic N) is 3. The van der Waals surface area contributed by atoms with Crippen molar-refractivity contribution in [2.24, 2.45) is 7.05 Å². The molecule has 0 bridgehead atoms. The van der Waals surface area contributed by atoms with Crippen LogP contribution in [-0.4, -0.2) is 39.8 Å². The molecule has 16 heavy (non-hydrogen) atoms. The highest BCUT2D eigenvalue weighted by atomic mass is 16.5. The summed E-state index contributed by atoms with van der Waals surface area (Å²) >= 11 is 0. The van der Waals surface area contributed by atoms with Crippen LogP contribution in [0, 0.1) is 0 Å². The zero-order valence-electron chi connectivity index (χ0n) is 9.06. The van der Waals surface area contributed by atoms with Crippen LogP contribution in [0.2, 0.25) is 0 Å². The number of methoxy groups -OCH3 is 1. The van der Waals surface area contributed by atoms with Gasteiger partial charge in [0.1, 0.15) is 12.1 Å². The lowest BCUT2D eigenvalue weighted by molar-refractivity contribution is 0.141. The fourth-order valence-electron chi connectivity index (χ4n) is 1.28. The number of aryl methyl sites for hydroxylation is 1. The Morgan fingerprint density at radius 2 is 2.31 bits per heavy atom. The van der Waals surface area contributed by atoms with E-state index in [1.807, 2.05) is 0 Å². The van der Waals surface area contributed by atoms with Gasteiger partial charge in [0, 0.05) is 14.2 Å². The summed E-state index contributed by atoms with van der Waals surface area (Å²) in [5.74, 6) is 0. The number of imidazole rings is 1. The summed E-state index contributed by atoms with van der Waals surface area (Å²) < 4.78 is 11.5. The maximum atomic E-state index is 11.3. The molecule has 0 spiro atoms. The van der Waals surface area contributed by atoms with Crippen molar-refractivity contribution >= 4 is 11.2 Å². The summed E-state index contributed by atoms with van der Waals surface area (Å²) in [6.45, 7) is 0.841. The van der Waals surface area contributed by atoms with Crippen LogP contribution < -0.4 is 10.4 Å². The fraction of sp³-hybridized carbons (Fsp3) is 0.444. The Kier molecular flexibility index (Phi) is 2.86. The molecule has 0 aliphatic heterocycles. The van der Waals surface area contributed by atoms with E-state index < -0.39 is 0 Å². The first-order chi connectivity index (χ1) is 7.72. The SMILES string of the molecule is COCCOc1ncc2[nH]c(=O)n(C)c2n1. The van der Waals surface area contributed by atoms with E-state index in [1.54, 1.807) is 14.2 Å². The summed E-state index contributed by atoms with van der Waals surface area (Å²) in [6, 6.07) is 0.235. The summed E-state index contributed by atoms with van der Waals surface area (Å²) in [5, 5.41) is 0. The molecule has 86 valence electrons. The van der Waals surface area contributed by atoms with Crippen molar-refractivity contribution in [1.82, 2.24) is 19.5 Å². The van der Waals surface area contributed by atoms with Gasteiger partial charge >= 0.3 is 11.7 Å². The van der Waals surface area contributed by atoms with E-state index in [0.29, 0.717) is 24.4 Å². The first-order valence-electron chi connectivity index (χ1n) is 4.76. The molecule has 0 saturated carbocycles. The number of H-pyrrole nitrogens is 1. The van der Waals surface area contributed by atoms with E-state index >= 15 is 0 Å². The molecule has 0 amide bonds. The van der Waals surface area contributed by atoms with E-state index in [2.05, 4.69) is 15.0 Å². The number of ether oxygens (including phenoxy) is 2. The second-order valence-electron chi connectivity index (χ2n) is 3.22. The maximum Gasteiger partial charge on any atom is 0.327 e. The van der Waals surface area contributed by atoms with Gasteiger partial charge in [0.2, 0.25) is 0 Å². The highest BCUT2D eigenvalue weighted by Gasteiger charge is 2.07. The number of aromatic nitrogens is 4. The van der Waals surface area contributed by atoms with Crippen LogP contribution in [0.1, 0.15) is 0 Å². The van der Waals surface area contributed by atoms with Crippen LogP contribution >= 0.6 is 0 Å². The molecule has 7 heteroatoms. The van der Waals surface area contributed by atoms with E-state index in [9.17, 15) is 4.79 Å². The first-order valence-corrected chi connectivity index (χ1v) is 4.76. The molecule has 2 rings (SSSR count). The summed E-state index contributed by atoms with van der Waals surface area (Å²) in [5.41, 5.74) is 0.886. The van der Waals surface area contributed by atoms with Crippen LogP contribution in [-0.2, 0) is 11.8 Å². The van der Waals surface area contributed by atoms with Gasteiger partial charge in [0.05, 0.1) is 12.8 Å². The number of fused-ring (bicyclic) bond motifs is 1. The monoisotopic (exact) mass is 224 g/mol. The molecule has 0 aliphatic rings. The molecule has 0 aliphatic carbocycles. The Labute approximate surface area is 91.0 Å². The molecule has 0 saturated heterocycles. The summed E-state index contributed by atoms with van der Waals surface area (Å²) in [6.07, 6.45) is 1.52. The van der Waals surface area contributed by atoms with Gasteiger partial charge < -0.3 is 14.5 Å². The van der Waals surface area contributed by atoms with Crippen molar-refractivity contribution in [2.45, 2.75) is 0 Å². The Hall–Kier alpha value is -1.89. The van der Waals surface area contributed by atoms with Crippen LogP contribution in [0.4, 0.5) is 0 Å². The van der Waals surface area contributed by atoms with Crippen molar-refractivity contribution in [3.05, 3.63) is 16.7 Å². The number of hydrogen-bond acceptors (Lipinski definition) is 5. The molecule has 2 aromatic heterocycles. The quantitative estimate of drug-likeness (QED) is 0.720. The Balaban J connectivity index is 2.28. The van der Waals surface area contributed by atoms with E-state index in [1.165, 1.54) is 10.8 Å². The Morgan fingerprint density at radius 1 is 1.50 bits per heavy atom. The van der Waals surface area contributed by atoms with Crippen molar-refractivity contribution in [3.63, 3.8) is 0 Å². The van der Waals surface area contributed by atoms with Crippen molar-refractivity contribution < 1.29 is 9.47 Å². The third-order valence-corrected chi connectivity index (χ3v) is 2.13. The van der Waals surface area contributed by atoms with Gasteiger partial charge in [-0.05, 0) is 0 Å². The molecule has 0 fully saturated rings. The molecule has 2 heterocycles. The molecule has 1 N–H and O–H groups in total. The predicted molar refractivity (Wildman–Crippen MR) is 56.5 cm³/mol. The van der Waals surface area contributed by atoms with Gasteiger partial charge in [0.15, 0.2) is 5.65 Å². The van der Waals surface area contributed by atoms with Gasteiger partial charge in [-0.1, -0.05) is 0 Å². The van der Waals surface area contributed by atoms with Crippen LogP contribution in [0.25, 0.3) is 11.2 Å². The molecular weight excluding hydrogens is 212 g/mol. The zero-order chi connectivity index (χ0) is 11.5. The average Bonchev–Trinajstić information content (AvgIpc) is 2.56. The number of aromatic amines is 1. The van der Waals surface area contributed by atoms with Crippen LogP contribution in [0.5, 0.6) is 6.01 Å². The number of rotatable bonds is 4. The number of nitrogens with one attached hydrogen (secondary N) is 1. The molecule has 0 aromatic carbocycles. The standard InChI is InChI=1S/C9H12N4O3/c1-13-7-6(11-9(13)14)5-10-8(12-7)16-4-3-15-2/h5H,3-4H2,1-2H3,(H,11,14). The van der Waals surface area contributed by atoms with E-state index in [4.69, 9.17) is 9.47 Å². The molecular formula is C9H12N4O3. The highest BCUT2D eigenvalue weighted by Crippen LogP contribution is 2.08. The summed E-state index contributed by atoms with van der Waals surface area (Å²) in [4.78, 5) is 22.0. The lowest BCUT2D eigenvalue weighted by Gasteiger charge is -2.02. The van der Waals surface area contributed by atoms with Crippen LogP contribution in [0.3, 0.4) is 0 Å². The minimum atomic E-state index is -0.224. The first kappa shape index (κ1) is 10.6. The average molecular weight is 224 g/mol. The lowest BCUT2D eigenvalue weighted by atomic mass is 10.5. The van der Waals surface area contributed by atoms with Crippen molar-refractivity contribution in [3.8, 4) is 6.01 Å². The largest absolute Gasteiger partial charge is 0.461 e. The maximum absolute atomic E-state index is 11.3. The summed E-state index contributed by atoms with van der Waals surface area (Å²) in [7, 11) is 3.22. The third kappa shape index (κ3) is 1.89. The minimum Gasteiger partial charge on any atom is -0.461 e. The molecule has 0 radical (unpaired) electrons. The smallest absolute Gasteiger partial charge is 0.327 e. The molecule has 7 nitrogen and oxygen atoms in total. The van der Waals surface area contributed by atoms with Crippen molar-refractivity contribution in [2.75, 3.05) is 20.3 Å². The van der Waals surface area contributed by atoms with Gasteiger partial charge in [-0.25, -0.2) is 9.78 Å². The van der Waals surface area contributed by atoms with E-state index in [0.717, 1.165) is 0 Å². The van der Waals surface area contributed by atoms with Crippen molar-refractivity contribution in [1.29, 1.82) is 0 Å². The van der Waals surface area contributed by atoms with Gasteiger partial charge in [-0.2, -0.15) is 4.98 Å². The Bertz CT molecular complexity index is 545. The topological polar surface area (TPSA) is 82.0 Å². The van der Waals surface area contributed by atoms with E-state index in [-0.39, 0.29) is 11.7 Å². The zero-order valence-corrected chi connectivity index (χ0v) is 9.06. The highest BCUT2D eigenvalue weighted by molar-refractivity contribution is 5.69. The fourth-order valence-corrected chi connectivity index (χ4v) is 1.28. The number of hydrogen-bond donors (Lipinski definition) is 1.